The molecule has 10 heteroatoms. The maximum absolute atomic E-state index is 12.2. The molecule has 0 spiro atoms. The van der Waals surface area contributed by atoms with Crippen molar-refractivity contribution in [3.8, 4) is 0 Å². The first kappa shape index (κ1) is 18.2. The molecule has 0 aliphatic heterocycles. The lowest BCUT2D eigenvalue weighted by Crippen LogP contribution is -2.27. The maximum atomic E-state index is 12.2. The molecule has 2 heterocycles. The SMILES string of the molecule is CCCNC(=O)c1nn(CC)cc1NC(=O)Cn1nccc1C(=O)O. The number of carboxylic acids is 1. The number of hydrogen-bond acceptors (Lipinski definition) is 5. The Hall–Kier alpha value is -3.17. The summed E-state index contributed by atoms with van der Waals surface area (Å²) in [5.74, 6) is -2.07. The molecule has 2 rings (SSSR count). The van der Waals surface area contributed by atoms with Crippen LogP contribution in [0.1, 0.15) is 41.2 Å². The first-order valence-corrected chi connectivity index (χ1v) is 7.86. The Bertz CT molecular complexity index is 779. The van der Waals surface area contributed by atoms with E-state index in [0.717, 1.165) is 11.1 Å². The summed E-state index contributed by atoms with van der Waals surface area (Å²) >= 11 is 0. The van der Waals surface area contributed by atoms with Gasteiger partial charge < -0.3 is 15.7 Å². The molecule has 10 nitrogen and oxygen atoms in total. The third kappa shape index (κ3) is 4.43. The maximum Gasteiger partial charge on any atom is 0.354 e. The Labute approximate surface area is 143 Å². The van der Waals surface area contributed by atoms with Gasteiger partial charge in [-0.25, -0.2) is 9.48 Å². The Morgan fingerprint density at radius 2 is 2.04 bits per heavy atom. The first-order valence-electron chi connectivity index (χ1n) is 7.86. The van der Waals surface area contributed by atoms with E-state index in [9.17, 15) is 14.4 Å². The molecular weight excluding hydrogens is 328 g/mol. The predicted molar refractivity (Wildman–Crippen MR) is 88.3 cm³/mol. The van der Waals surface area contributed by atoms with Gasteiger partial charge >= 0.3 is 5.97 Å². The van der Waals surface area contributed by atoms with E-state index in [0.29, 0.717) is 13.1 Å². The summed E-state index contributed by atoms with van der Waals surface area (Å²) in [7, 11) is 0. The van der Waals surface area contributed by atoms with Crippen LogP contribution in [-0.4, -0.2) is 49.0 Å². The van der Waals surface area contributed by atoms with Crippen LogP contribution in [0.25, 0.3) is 0 Å². The lowest BCUT2D eigenvalue weighted by Gasteiger charge is -2.07. The van der Waals surface area contributed by atoms with Crippen molar-refractivity contribution in [1.29, 1.82) is 0 Å². The molecule has 3 N–H and O–H groups in total. The van der Waals surface area contributed by atoms with Gasteiger partial charge in [0.05, 0.1) is 5.69 Å². The molecule has 134 valence electrons. The van der Waals surface area contributed by atoms with Crippen LogP contribution in [0, 0.1) is 0 Å². The highest BCUT2D eigenvalue weighted by Crippen LogP contribution is 2.14. The van der Waals surface area contributed by atoms with E-state index in [1.165, 1.54) is 16.9 Å². The van der Waals surface area contributed by atoms with E-state index >= 15 is 0 Å². The van der Waals surface area contributed by atoms with Crippen molar-refractivity contribution in [3.05, 3.63) is 29.8 Å². The number of anilines is 1. The van der Waals surface area contributed by atoms with Gasteiger partial charge in [-0.05, 0) is 19.4 Å². The van der Waals surface area contributed by atoms with Gasteiger partial charge in [0.2, 0.25) is 5.91 Å². The second-order valence-corrected chi connectivity index (χ2v) is 5.23. The van der Waals surface area contributed by atoms with Crippen LogP contribution in [-0.2, 0) is 17.9 Å². The van der Waals surface area contributed by atoms with Crippen LogP contribution in [0.15, 0.2) is 18.5 Å². The summed E-state index contributed by atoms with van der Waals surface area (Å²) in [6, 6.07) is 1.30. The number of aryl methyl sites for hydroxylation is 1. The number of carbonyl (C=O) groups excluding carboxylic acids is 2. The largest absolute Gasteiger partial charge is 0.477 e. The molecule has 0 unspecified atom stereocenters. The van der Waals surface area contributed by atoms with Crippen molar-refractivity contribution in [2.24, 2.45) is 0 Å². The highest BCUT2D eigenvalue weighted by Gasteiger charge is 2.19. The number of carbonyl (C=O) groups is 3. The fourth-order valence-electron chi connectivity index (χ4n) is 2.13. The number of aromatic nitrogens is 4. The summed E-state index contributed by atoms with van der Waals surface area (Å²) in [6.07, 6.45) is 3.63. The lowest BCUT2D eigenvalue weighted by atomic mass is 10.3. The third-order valence-electron chi connectivity index (χ3n) is 3.34. The molecule has 0 fully saturated rings. The van der Waals surface area contributed by atoms with E-state index in [-0.39, 0.29) is 29.5 Å². The van der Waals surface area contributed by atoms with E-state index < -0.39 is 11.9 Å². The smallest absolute Gasteiger partial charge is 0.354 e. The van der Waals surface area contributed by atoms with Crippen molar-refractivity contribution in [2.75, 3.05) is 11.9 Å². The third-order valence-corrected chi connectivity index (χ3v) is 3.34. The van der Waals surface area contributed by atoms with Gasteiger partial charge in [0.15, 0.2) is 5.69 Å². The Kier molecular flexibility index (Phi) is 5.88. The van der Waals surface area contributed by atoms with Crippen molar-refractivity contribution < 1.29 is 19.5 Å². The summed E-state index contributed by atoms with van der Waals surface area (Å²) in [6.45, 7) is 4.53. The standard InChI is InChI=1S/C15H20N6O4/c1-3-6-16-14(23)13-10(8-20(4-2)19-13)18-12(22)9-21-11(15(24)25)5-7-17-21/h5,7-8H,3-4,6,9H2,1-2H3,(H,16,23)(H,18,22)(H,24,25). The highest BCUT2D eigenvalue weighted by molar-refractivity contribution is 6.02. The second kappa shape index (κ2) is 8.08. The van der Waals surface area contributed by atoms with Gasteiger partial charge in [-0.1, -0.05) is 6.92 Å². The van der Waals surface area contributed by atoms with Crippen molar-refractivity contribution in [1.82, 2.24) is 24.9 Å². The predicted octanol–water partition coefficient (Wildman–Crippen LogP) is 0.576. The first-order chi connectivity index (χ1) is 12.0. The van der Waals surface area contributed by atoms with Gasteiger partial charge in [-0.3, -0.25) is 14.3 Å². The number of aromatic carboxylic acids is 1. The summed E-state index contributed by atoms with van der Waals surface area (Å²) < 4.78 is 2.60. The molecule has 0 radical (unpaired) electrons. The van der Waals surface area contributed by atoms with Crippen molar-refractivity contribution in [3.63, 3.8) is 0 Å². The number of hydrogen-bond donors (Lipinski definition) is 3. The van der Waals surface area contributed by atoms with Gasteiger partial charge in [0.25, 0.3) is 5.91 Å². The number of rotatable bonds is 8. The van der Waals surface area contributed by atoms with Crippen LogP contribution in [0.2, 0.25) is 0 Å². The monoisotopic (exact) mass is 348 g/mol. The van der Waals surface area contributed by atoms with Gasteiger partial charge in [0.1, 0.15) is 12.2 Å². The fourth-order valence-corrected chi connectivity index (χ4v) is 2.13. The fraction of sp³-hybridized carbons (Fsp3) is 0.400. The van der Waals surface area contributed by atoms with Crippen LogP contribution < -0.4 is 10.6 Å². The number of nitrogens with one attached hydrogen (secondary N) is 2. The van der Waals surface area contributed by atoms with Crippen LogP contribution >= 0.6 is 0 Å². The molecule has 2 aromatic heterocycles. The Morgan fingerprint density at radius 3 is 2.68 bits per heavy atom. The second-order valence-electron chi connectivity index (χ2n) is 5.23. The molecule has 25 heavy (non-hydrogen) atoms. The molecule has 0 saturated heterocycles. The van der Waals surface area contributed by atoms with Crippen molar-refractivity contribution in [2.45, 2.75) is 33.4 Å². The van der Waals surface area contributed by atoms with E-state index in [1.54, 1.807) is 6.20 Å². The minimum absolute atomic E-state index is 0.0969. The summed E-state index contributed by atoms with van der Waals surface area (Å²) in [5, 5.41) is 22.3. The quantitative estimate of drug-likeness (QED) is 0.639. The molecule has 0 aromatic carbocycles. The van der Waals surface area contributed by atoms with Crippen molar-refractivity contribution >= 4 is 23.5 Å². The zero-order chi connectivity index (χ0) is 18.4. The topological polar surface area (TPSA) is 131 Å². The van der Waals surface area contributed by atoms with Crippen LogP contribution in [0.3, 0.4) is 0 Å². The van der Waals surface area contributed by atoms with E-state index in [1.807, 2.05) is 13.8 Å². The summed E-state index contributed by atoms with van der Waals surface area (Å²) in [4.78, 5) is 35.4. The molecule has 0 aliphatic carbocycles. The normalized spacial score (nSPS) is 10.5. The van der Waals surface area contributed by atoms with Crippen LogP contribution in [0.5, 0.6) is 0 Å². The molecule has 2 amide bonds. The summed E-state index contributed by atoms with van der Waals surface area (Å²) in [5.41, 5.74) is 0.285. The number of carboxylic acid groups (broad SMARTS) is 1. The number of nitrogens with zero attached hydrogens (tertiary/aromatic N) is 4. The molecular formula is C15H20N6O4. The van der Waals surface area contributed by atoms with Gasteiger partial charge in [-0.2, -0.15) is 10.2 Å². The van der Waals surface area contributed by atoms with Gasteiger partial charge in [0, 0.05) is 25.5 Å². The van der Waals surface area contributed by atoms with Crippen LogP contribution in [0.4, 0.5) is 5.69 Å². The number of amides is 2. The Balaban J connectivity index is 2.14. The molecule has 0 bridgehead atoms. The minimum Gasteiger partial charge on any atom is -0.477 e. The lowest BCUT2D eigenvalue weighted by molar-refractivity contribution is -0.116. The van der Waals surface area contributed by atoms with Gasteiger partial charge in [-0.15, -0.1) is 0 Å². The molecule has 0 saturated carbocycles. The zero-order valence-corrected chi connectivity index (χ0v) is 14.0. The zero-order valence-electron chi connectivity index (χ0n) is 14.0. The Morgan fingerprint density at radius 1 is 1.28 bits per heavy atom. The minimum atomic E-state index is -1.18. The molecule has 0 aliphatic rings. The average Bonchev–Trinajstić information content (AvgIpc) is 3.19. The highest BCUT2D eigenvalue weighted by atomic mass is 16.4. The van der Waals surface area contributed by atoms with E-state index in [4.69, 9.17) is 5.11 Å². The molecule has 0 atom stereocenters. The molecule has 2 aromatic rings. The van der Waals surface area contributed by atoms with E-state index in [2.05, 4.69) is 20.8 Å². The average molecular weight is 348 g/mol.